The number of ether oxygens (including phenoxy) is 1. The SMILES string of the molecule is CN=C(NCCCN1CCN(c2cccc(C)c2)CC1)N1CCC2(CCOC2)C1.I. The van der Waals surface area contributed by atoms with Crippen molar-refractivity contribution in [3.63, 3.8) is 0 Å². The molecule has 0 aromatic heterocycles. The van der Waals surface area contributed by atoms with Gasteiger partial charge in [-0.25, -0.2) is 0 Å². The number of aliphatic imine (C=N–C) groups is 1. The third-order valence-electron chi connectivity index (χ3n) is 6.81. The Labute approximate surface area is 199 Å². The molecule has 3 aliphatic rings. The maximum absolute atomic E-state index is 5.66. The zero-order valence-electron chi connectivity index (χ0n) is 18.6. The lowest BCUT2D eigenvalue weighted by Gasteiger charge is -2.36. The summed E-state index contributed by atoms with van der Waals surface area (Å²) in [6, 6.07) is 8.87. The summed E-state index contributed by atoms with van der Waals surface area (Å²) >= 11 is 0. The quantitative estimate of drug-likeness (QED) is 0.276. The number of aryl methyl sites for hydroxylation is 1. The van der Waals surface area contributed by atoms with Gasteiger partial charge in [0.25, 0.3) is 0 Å². The normalized spacial score (nSPS) is 25.1. The molecule has 1 aromatic rings. The molecule has 0 aliphatic carbocycles. The summed E-state index contributed by atoms with van der Waals surface area (Å²) in [7, 11) is 1.91. The van der Waals surface area contributed by atoms with Gasteiger partial charge in [0.1, 0.15) is 0 Å². The Morgan fingerprint density at radius 2 is 2.00 bits per heavy atom. The molecule has 3 saturated heterocycles. The molecule has 1 aromatic carbocycles. The monoisotopic (exact) mass is 527 g/mol. The number of guanidine groups is 1. The van der Waals surface area contributed by atoms with E-state index in [4.69, 9.17) is 4.74 Å². The third-order valence-corrected chi connectivity index (χ3v) is 6.81. The van der Waals surface area contributed by atoms with Crippen molar-refractivity contribution in [2.45, 2.75) is 26.2 Å². The number of nitrogens with zero attached hydrogens (tertiary/aromatic N) is 4. The van der Waals surface area contributed by atoms with Crippen LogP contribution in [0.15, 0.2) is 29.3 Å². The van der Waals surface area contributed by atoms with Crippen molar-refractivity contribution in [2.75, 3.05) is 77.5 Å². The van der Waals surface area contributed by atoms with Crippen molar-refractivity contribution >= 4 is 35.6 Å². The van der Waals surface area contributed by atoms with Gasteiger partial charge in [0.05, 0.1) is 6.61 Å². The first-order valence-electron chi connectivity index (χ1n) is 11.2. The van der Waals surface area contributed by atoms with Gasteiger partial charge in [0, 0.05) is 70.6 Å². The first-order chi connectivity index (χ1) is 14.2. The lowest BCUT2D eigenvalue weighted by atomic mass is 9.87. The van der Waals surface area contributed by atoms with E-state index < -0.39 is 0 Å². The number of likely N-dealkylation sites (tertiary alicyclic amines) is 1. The fraction of sp³-hybridized carbons (Fsp3) is 0.696. The molecule has 0 saturated carbocycles. The summed E-state index contributed by atoms with van der Waals surface area (Å²) in [6.07, 6.45) is 3.60. The molecule has 4 rings (SSSR count). The highest BCUT2D eigenvalue weighted by atomic mass is 127. The molecule has 0 amide bonds. The molecule has 30 heavy (non-hydrogen) atoms. The molecule has 3 aliphatic heterocycles. The molecular formula is C23H38IN5O. The number of nitrogens with one attached hydrogen (secondary N) is 1. The third kappa shape index (κ3) is 5.79. The van der Waals surface area contributed by atoms with Gasteiger partial charge in [-0.05, 0) is 50.4 Å². The second-order valence-electron chi connectivity index (χ2n) is 8.97. The van der Waals surface area contributed by atoms with Crippen molar-refractivity contribution < 1.29 is 4.74 Å². The second-order valence-corrected chi connectivity index (χ2v) is 8.97. The lowest BCUT2D eigenvalue weighted by molar-refractivity contribution is 0.156. The maximum Gasteiger partial charge on any atom is 0.193 e. The minimum atomic E-state index is 0. The van der Waals surface area contributed by atoms with Crippen LogP contribution in [0, 0.1) is 12.3 Å². The van der Waals surface area contributed by atoms with Crippen LogP contribution in [0.2, 0.25) is 0 Å². The zero-order valence-corrected chi connectivity index (χ0v) is 20.9. The molecule has 3 fully saturated rings. The Balaban J connectivity index is 0.00000256. The maximum atomic E-state index is 5.66. The van der Waals surface area contributed by atoms with Crippen LogP contribution in [-0.2, 0) is 4.74 Å². The summed E-state index contributed by atoms with van der Waals surface area (Å²) in [6.45, 7) is 12.9. The zero-order chi connectivity index (χ0) is 20.1. The van der Waals surface area contributed by atoms with Crippen LogP contribution >= 0.6 is 24.0 Å². The first-order valence-corrected chi connectivity index (χ1v) is 11.2. The van der Waals surface area contributed by atoms with Gasteiger partial charge < -0.3 is 19.9 Å². The van der Waals surface area contributed by atoms with Crippen LogP contribution in [0.4, 0.5) is 5.69 Å². The van der Waals surface area contributed by atoms with E-state index in [1.807, 2.05) is 7.05 Å². The number of anilines is 1. The molecule has 0 bridgehead atoms. The lowest BCUT2D eigenvalue weighted by Crippen LogP contribution is -2.47. The van der Waals surface area contributed by atoms with Gasteiger partial charge in [0.2, 0.25) is 0 Å². The molecule has 0 radical (unpaired) electrons. The van der Waals surface area contributed by atoms with Crippen molar-refractivity contribution in [3.8, 4) is 0 Å². The number of hydrogen-bond acceptors (Lipinski definition) is 4. The average Bonchev–Trinajstić information content (AvgIpc) is 3.38. The smallest absolute Gasteiger partial charge is 0.193 e. The fourth-order valence-electron chi connectivity index (χ4n) is 4.98. The summed E-state index contributed by atoms with van der Waals surface area (Å²) < 4.78 is 5.66. The van der Waals surface area contributed by atoms with Crippen LogP contribution in [0.5, 0.6) is 0 Å². The van der Waals surface area contributed by atoms with Gasteiger partial charge in [-0.2, -0.15) is 0 Å². The van der Waals surface area contributed by atoms with Crippen LogP contribution in [0.25, 0.3) is 0 Å². The largest absolute Gasteiger partial charge is 0.381 e. The predicted octanol–water partition coefficient (Wildman–Crippen LogP) is 2.81. The van der Waals surface area contributed by atoms with Gasteiger partial charge in [-0.1, -0.05) is 12.1 Å². The number of halogens is 1. The van der Waals surface area contributed by atoms with E-state index in [0.717, 1.165) is 78.0 Å². The summed E-state index contributed by atoms with van der Waals surface area (Å²) in [5.41, 5.74) is 3.09. The topological polar surface area (TPSA) is 43.3 Å². The van der Waals surface area contributed by atoms with E-state index in [0.29, 0.717) is 5.41 Å². The van der Waals surface area contributed by atoms with Gasteiger partial charge >= 0.3 is 0 Å². The highest BCUT2D eigenvalue weighted by Crippen LogP contribution is 2.38. The van der Waals surface area contributed by atoms with Crippen LogP contribution in [0.3, 0.4) is 0 Å². The molecule has 6 nitrogen and oxygen atoms in total. The van der Waals surface area contributed by atoms with Gasteiger partial charge in [-0.15, -0.1) is 24.0 Å². The highest BCUT2D eigenvalue weighted by molar-refractivity contribution is 14.0. The minimum absolute atomic E-state index is 0. The van der Waals surface area contributed by atoms with E-state index in [-0.39, 0.29) is 24.0 Å². The Morgan fingerprint density at radius 3 is 2.70 bits per heavy atom. The molecule has 168 valence electrons. The van der Waals surface area contributed by atoms with Gasteiger partial charge in [0.15, 0.2) is 5.96 Å². The molecule has 1 atom stereocenters. The van der Waals surface area contributed by atoms with Crippen molar-refractivity contribution in [3.05, 3.63) is 29.8 Å². The molecule has 1 N–H and O–H groups in total. The van der Waals surface area contributed by atoms with Crippen LogP contribution < -0.4 is 10.2 Å². The fourth-order valence-corrected chi connectivity index (χ4v) is 4.98. The van der Waals surface area contributed by atoms with Gasteiger partial charge in [-0.3, -0.25) is 9.89 Å². The molecule has 1 spiro atoms. The standard InChI is InChI=1S/C23H37N5O.HI/c1-20-5-3-6-21(17-20)27-14-12-26(13-15-27)10-4-9-25-22(24-2)28-11-7-23(18-28)8-16-29-19-23;/h3,5-6,17H,4,7-16,18-19H2,1-2H3,(H,24,25);1H. The number of benzene rings is 1. The summed E-state index contributed by atoms with van der Waals surface area (Å²) in [5, 5.41) is 3.60. The average molecular weight is 527 g/mol. The summed E-state index contributed by atoms with van der Waals surface area (Å²) in [4.78, 5) is 12.1. The van der Waals surface area contributed by atoms with E-state index in [1.54, 1.807) is 0 Å². The Kier molecular flexibility index (Phi) is 8.65. The van der Waals surface area contributed by atoms with Crippen LogP contribution in [-0.4, -0.2) is 88.4 Å². The van der Waals surface area contributed by atoms with E-state index in [9.17, 15) is 0 Å². The van der Waals surface area contributed by atoms with Crippen molar-refractivity contribution in [1.29, 1.82) is 0 Å². The van der Waals surface area contributed by atoms with E-state index in [2.05, 4.69) is 56.2 Å². The van der Waals surface area contributed by atoms with Crippen molar-refractivity contribution in [2.24, 2.45) is 10.4 Å². The van der Waals surface area contributed by atoms with E-state index >= 15 is 0 Å². The van der Waals surface area contributed by atoms with Crippen LogP contribution in [0.1, 0.15) is 24.8 Å². The Hall–Kier alpha value is -1.06. The number of piperazine rings is 1. The molecular weight excluding hydrogens is 489 g/mol. The molecule has 3 heterocycles. The Bertz CT molecular complexity index is 699. The second kappa shape index (κ2) is 11.0. The highest BCUT2D eigenvalue weighted by Gasteiger charge is 2.42. The van der Waals surface area contributed by atoms with E-state index in [1.165, 1.54) is 24.1 Å². The minimum Gasteiger partial charge on any atom is -0.381 e. The number of hydrogen-bond donors (Lipinski definition) is 1. The molecule has 7 heteroatoms. The van der Waals surface area contributed by atoms with Crippen molar-refractivity contribution in [1.82, 2.24) is 15.1 Å². The first kappa shape index (κ1) is 23.6. The number of rotatable bonds is 5. The summed E-state index contributed by atoms with van der Waals surface area (Å²) in [5.74, 6) is 1.07. The Morgan fingerprint density at radius 1 is 1.17 bits per heavy atom. The molecule has 1 unspecified atom stereocenters. The predicted molar refractivity (Wildman–Crippen MR) is 135 cm³/mol.